The summed E-state index contributed by atoms with van der Waals surface area (Å²) >= 11 is 0. The van der Waals surface area contributed by atoms with E-state index in [-0.39, 0.29) is 5.78 Å². The van der Waals surface area contributed by atoms with Gasteiger partial charge in [0.15, 0.2) is 0 Å². The predicted molar refractivity (Wildman–Crippen MR) is 204 cm³/mol. The Morgan fingerprint density at radius 1 is 0.596 bits per heavy atom. The molecule has 0 atom stereocenters. The molecule has 0 heterocycles. The first-order valence-corrected chi connectivity index (χ1v) is 17.2. The van der Waals surface area contributed by atoms with Gasteiger partial charge in [-0.25, -0.2) is 4.99 Å². The highest BCUT2D eigenvalue weighted by molar-refractivity contribution is 6.27. The second-order valence-electron chi connectivity index (χ2n) is 12.9. The summed E-state index contributed by atoms with van der Waals surface area (Å²) in [7, 11) is 0. The van der Waals surface area contributed by atoms with Crippen molar-refractivity contribution in [3.8, 4) is 0 Å². The quantitative estimate of drug-likeness (QED) is 0.172. The van der Waals surface area contributed by atoms with Crippen LogP contribution in [0.5, 0.6) is 0 Å². The number of carbonyl (C=O) groups is 1. The van der Waals surface area contributed by atoms with E-state index in [1.54, 1.807) is 6.08 Å². The molecule has 0 unspecified atom stereocenters. The molecule has 2 N–H and O–H groups in total. The summed E-state index contributed by atoms with van der Waals surface area (Å²) in [5.41, 5.74) is 8.80. The Kier molecular flexibility index (Phi) is 11.9. The van der Waals surface area contributed by atoms with E-state index >= 15 is 0 Å². The highest BCUT2D eigenvalue weighted by atomic mass is 16.1. The van der Waals surface area contributed by atoms with Gasteiger partial charge in [-0.2, -0.15) is 0 Å². The molecule has 47 heavy (non-hydrogen) atoms. The van der Waals surface area contributed by atoms with E-state index in [9.17, 15) is 4.79 Å². The number of benzene rings is 3. The molecule has 0 bridgehead atoms. The lowest BCUT2D eigenvalue weighted by Crippen LogP contribution is -2.30. The summed E-state index contributed by atoms with van der Waals surface area (Å²) in [6.45, 7) is 24.5. The Balaban J connectivity index is 1.69. The maximum absolute atomic E-state index is 13.7. The summed E-state index contributed by atoms with van der Waals surface area (Å²) in [6.07, 6.45) is 1.66. The van der Waals surface area contributed by atoms with Crippen LogP contribution in [0, 0.1) is 0 Å². The van der Waals surface area contributed by atoms with Gasteiger partial charge in [-0.3, -0.25) is 4.79 Å². The first-order chi connectivity index (χ1) is 22.5. The number of carbonyl (C=O) groups excluding carboxylic acids is 1. The molecule has 0 amide bonds. The SMILES string of the molecule is CCN(c1ccc(N=C2C(Nc3ccc(N(CC)C(C)C)cc3)=CC(=O)C(Nc3ccc(N(CC)C(C)C)cc3)=C2C)cc1)C(C)C. The third-order valence-corrected chi connectivity index (χ3v) is 8.77. The molecular formula is C40H54N6O. The van der Waals surface area contributed by atoms with E-state index in [0.717, 1.165) is 53.7 Å². The second-order valence-corrected chi connectivity index (χ2v) is 12.9. The second kappa shape index (κ2) is 15.9. The number of allylic oxidation sites excluding steroid dienone is 2. The molecule has 0 saturated carbocycles. The van der Waals surface area contributed by atoms with Crippen LogP contribution >= 0.6 is 0 Å². The van der Waals surface area contributed by atoms with E-state index in [0.29, 0.717) is 29.5 Å². The number of aliphatic imine (C=N–C) groups is 1. The summed E-state index contributed by atoms with van der Waals surface area (Å²) in [5, 5.41) is 6.94. The van der Waals surface area contributed by atoms with Crippen molar-refractivity contribution >= 4 is 45.6 Å². The van der Waals surface area contributed by atoms with Crippen LogP contribution in [-0.4, -0.2) is 49.3 Å². The number of rotatable bonds is 14. The molecule has 0 fully saturated rings. The minimum atomic E-state index is -0.0927. The third-order valence-electron chi connectivity index (χ3n) is 8.77. The lowest BCUT2D eigenvalue weighted by molar-refractivity contribution is -0.111. The summed E-state index contributed by atoms with van der Waals surface area (Å²) in [4.78, 5) is 25.8. The van der Waals surface area contributed by atoms with Gasteiger partial charge >= 0.3 is 0 Å². The van der Waals surface area contributed by atoms with Crippen LogP contribution in [0.3, 0.4) is 0 Å². The van der Waals surface area contributed by atoms with Crippen molar-refractivity contribution in [2.24, 2.45) is 4.99 Å². The van der Waals surface area contributed by atoms with Crippen LogP contribution in [0.2, 0.25) is 0 Å². The number of hydrogen-bond donors (Lipinski definition) is 2. The minimum absolute atomic E-state index is 0.0927. The van der Waals surface area contributed by atoms with E-state index in [2.05, 4.69) is 148 Å². The molecule has 0 radical (unpaired) electrons. The van der Waals surface area contributed by atoms with Crippen LogP contribution < -0.4 is 25.3 Å². The van der Waals surface area contributed by atoms with Gasteiger partial charge in [0, 0.05) is 77.8 Å². The first kappa shape index (κ1) is 35.3. The maximum Gasteiger partial charge on any atom is 0.204 e. The first-order valence-electron chi connectivity index (χ1n) is 17.2. The Labute approximate surface area is 283 Å². The largest absolute Gasteiger partial charge is 0.369 e. The molecule has 3 aromatic rings. The van der Waals surface area contributed by atoms with Gasteiger partial charge in [-0.15, -0.1) is 0 Å². The standard InChI is InChI=1S/C40H54N6O/c1-11-44(27(4)5)34-20-14-31(15-21-34)41-37-26-38(47)40(43-33-18-24-36(25-19-33)46(13-3)29(8)9)30(10)39(37)42-32-16-22-35(23-17-32)45(12-2)28(6)7/h14-29,41,43H,11-13H2,1-10H3. The Morgan fingerprint density at radius 3 is 1.36 bits per heavy atom. The molecule has 1 aliphatic carbocycles. The van der Waals surface area contributed by atoms with Crippen LogP contribution in [0.4, 0.5) is 34.1 Å². The van der Waals surface area contributed by atoms with Crippen molar-refractivity contribution in [1.29, 1.82) is 0 Å². The monoisotopic (exact) mass is 634 g/mol. The van der Waals surface area contributed by atoms with Gasteiger partial charge in [-0.05, 0) is 142 Å². The normalized spacial score (nSPS) is 14.3. The van der Waals surface area contributed by atoms with Crippen molar-refractivity contribution in [3.05, 3.63) is 95.8 Å². The molecule has 0 aromatic heterocycles. The predicted octanol–water partition coefficient (Wildman–Crippen LogP) is 9.43. The van der Waals surface area contributed by atoms with E-state index in [1.807, 2.05) is 19.1 Å². The number of nitrogens with zero attached hydrogens (tertiary/aromatic N) is 4. The lowest BCUT2D eigenvalue weighted by Gasteiger charge is -2.28. The molecule has 7 heteroatoms. The molecule has 3 aromatic carbocycles. The fourth-order valence-corrected chi connectivity index (χ4v) is 6.33. The number of hydrogen-bond acceptors (Lipinski definition) is 7. The minimum Gasteiger partial charge on any atom is -0.369 e. The number of ketones is 1. The molecule has 1 aliphatic rings. The van der Waals surface area contributed by atoms with Crippen molar-refractivity contribution in [1.82, 2.24) is 0 Å². The van der Waals surface area contributed by atoms with Gasteiger partial charge in [-0.1, -0.05) is 0 Å². The zero-order chi connectivity index (χ0) is 34.2. The molecule has 4 rings (SSSR count). The summed E-state index contributed by atoms with van der Waals surface area (Å²) < 4.78 is 0. The van der Waals surface area contributed by atoms with Gasteiger partial charge in [0.25, 0.3) is 0 Å². The Morgan fingerprint density at radius 2 is 0.979 bits per heavy atom. The van der Waals surface area contributed by atoms with Crippen LogP contribution in [0.1, 0.15) is 69.2 Å². The van der Waals surface area contributed by atoms with Crippen LogP contribution in [-0.2, 0) is 4.79 Å². The van der Waals surface area contributed by atoms with Crippen molar-refractivity contribution < 1.29 is 4.79 Å². The van der Waals surface area contributed by atoms with E-state index in [1.165, 1.54) is 11.4 Å². The molecule has 0 saturated heterocycles. The van der Waals surface area contributed by atoms with Gasteiger partial charge in [0.1, 0.15) is 0 Å². The smallest absolute Gasteiger partial charge is 0.204 e. The number of anilines is 5. The molecular weight excluding hydrogens is 580 g/mol. The van der Waals surface area contributed by atoms with Crippen molar-refractivity contribution in [3.63, 3.8) is 0 Å². The van der Waals surface area contributed by atoms with Gasteiger partial charge in [0.2, 0.25) is 5.78 Å². The molecule has 250 valence electrons. The zero-order valence-electron chi connectivity index (χ0n) is 30.1. The van der Waals surface area contributed by atoms with Crippen LogP contribution in [0.25, 0.3) is 0 Å². The highest BCUT2D eigenvalue weighted by Gasteiger charge is 2.25. The van der Waals surface area contributed by atoms with E-state index in [4.69, 9.17) is 4.99 Å². The summed E-state index contributed by atoms with van der Waals surface area (Å²) in [6, 6.07) is 26.2. The number of nitrogens with one attached hydrogen (secondary N) is 2. The van der Waals surface area contributed by atoms with Gasteiger partial charge < -0.3 is 25.3 Å². The fraction of sp³-hybridized carbons (Fsp3) is 0.400. The summed E-state index contributed by atoms with van der Waals surface area (Å²) in [5.74, 6) is -0.0927. The highest BCUT2D eigenvalue weighted by Crippen LogP contribution is 2.30. The topological polar surface area (TPSA) is 63.2 Å². The fourth-order valence-electron chi connectivity index (χ4n) is 6.33. The van der Waals surface area contributed by atoms with Crippen molar-refractivity contribution in [2.45, 2.75) is 87.4 Å². The molecule has 0 spiro atoms. The zero-order valence-corrected chi connectivity index (χ0v) is 30.1. The molecule has 7 nitrogen and oxygen atoms in total. The van der Waals surface area contributed by atoms with Crippen LogP contribution in [0.15, 0.2) is 101 Å². The third kappa shape index (κ3) is 8.45. The maximum atomic E-state index is 13.7. The average Bonchev–Trinajstić information content (AvgIpc) is 3.04. The van der Waals surface area contributed by atoms with Crippen molar-refractivity contribution in [2.75, 3.05) is 45.0 Å². The molecule has 0 aliphatic heterocycles. The Hall–Kier alpha value is -4.52. The van der Waals surface area contributed by atoms with Gasteiger partial charge in [0.05, 0.1) is 22.8 Å². The lowest BCUT2D eigenvalue weighted by atomic mass is 9.96. The average molecular weight is 635 g/mol. The van der Waals surface area contributed by atoms with E-state index < -0.39 is 0 Å². The Bertz CT molecular complexity index is 1580.